The van der Waals surface area contributed by atoms with Crippen molar-refractivity contribution in [3.63, 3.8) is 0 Å². The number of aromatic nitrogens is 1. The molecular weight excluding hydrogens is 265 g/mol. The van der Waals surface area contributed by atoms with Gasteiger partial charge in [0.05, 0.1) is 12.1 Å². The molecule has 20 heavy (non-hydrogen) atoms. The first-order valence-corrected chi connectivity index (χ1v) is 5.94. The molecule has 0 amide bonds. The highest BCUT2D eigenvalue weighted by Crippen LogP contribution is 2.31. The third kappa shape index (κ3) is 3.03. The molecule has 1 heterocycles. The van der Waals surface area contributed by atoms with Crippen LogP contribution in [-0.4, -0.2) is 18.1 Å². The molecular formula is C15H13F3N2. The highest BCUT2D eigenvalue weighted by molar-refractivity contribution is 5.85. The Morgan fingerprint density at radius 2 is 2.10 bits per heavy atom. The van der Waals surface area contributed by atoms with Gasteiger partial charge in [-0.1, -0.05) is 18.6 Å². The van der Waals surface area contributed by atoms with Crippen LogP contribution in [0.4, 0.5) is 13.2 Å². The van der Waals surface area contributed by atoms with E-state index in [0.29, 0.717) is 29.7 Å². The van der Waals surface area contributed by atoms with Crippen LogP contribution in [0.25, 0.3) is 16.5 Å². The minimum absolute atomic E-state index is 0.414. The number of hydrogen-bond acceptors (Lipinski definition) is 1. The molecule has 0 saturated carbocycles. The molecule has 5 heteroatoms. The topological polar surface area (TPSA) is 27.8 Å². The third-order valence-electron chi connectivity index (χ3n) is 2.90. The average molecular weight is 278 g/mol. The van der Waals surface area contributed by atoms with Crippen molar-refractivity contribution in [3.05, 3.63) is 42.1 Å². The molecule has 2 aromatic rings. The predicted molar refractivity (Wildman–Crippen MR) is 74.0 cm³/mol. The Kier molecular flexibility index (Phi) is 3.86. The summed E-state index contributed by atoms with van der Waals surface area (Å²) < 4.78 is 37.9. The van der Waals surface area contributed by atoms with Gasteiger partial charge in [0.2, 0.25) is 0 Å². The molecule has 0 atom stereocenters. The van der Waals surface area contributed by atoms with Crippen LogP contribution in [0.5, 0.6) is 0 Å². The quantitative estimate of drug-likeness (QED) is 0.651. The SMILES string of the molecule is C#CCNCC(=C)c1cc2ccc(C(F)(F)F)cc2[nH]1. The number of alkyl halides is 3. The standard InChI is InChI=1S/C15H13F3N2/c1-3-6-19-9-10(2)13-7-11-4-5-12(15(16,17)18)8-14(11)20-13/h1,4-5,7-8,19-20H,2,6,9H2. The lowest BCUT2D eigenvalue weighted by atomic mass is 10.1. The Morgan fingerprint density at radius 3 is 2.75 bits per heavy atom. The zero-order chi connectivity index (χ0) is 14.8. The normalized spacial score (nSPS) is 11.5. The van der Waals surface area contributed by atoms with Crippen LogP contribution in [0, 0.1) is 12.3 Å². The maximum atomic E-state index is 12.6. The van der Waals surface area contributed by atoms with Crippen LogP contribution in [0.15, 0.2) is 30.8 Å². The van der Waals surface area contributed by atoms with E-state index in [1.165, 1.54) is 6.07 Å². The van der Waals surface area contributed by atoms with Crippen LogP contribution in [-0.2, 0) is 6.18 Å². The second kappa shape index (κ2) is 5.43. The summed E-state index contributed by atoms with van der Waals surface area (Å²) in [6.45, 7) is 4.77. The molecule has 0 aliphatic rings. The van der Waals surface area contributed by atoms with Crippen molar-refractivity contribution in [3.8, 4) is 12.3 Å². The molecule has 0 aliphatic carbocycles. The number of rotatable bonds is 4. The summed E-state index contributed by atoms with van der Waals surface area (Å²) in [5, 5.41) is 3.69. The number of aromatic amines is 1. The molecule has 0 radical (unpaired) electrons. The first-order valence-electron chi connectivity index (χ1n) is 5.94. The molecule has 0 bridgehead atoms. The number of terminal acetylenes is 1. The van der Waals surface area contributed by atoms with Gasteiger partial charge in [0, 0.05) is 23.1 Å². The lowest BCUT2D eigenvalue weighted by Gasteiger charge is -2.05. The zero-order valence-electron chi connectivity index (χ0n) is 10.6. The van der Waals surface area contributed by atoms with E-state index in [1.54, 1.807) is 6.07 Å². The van der Waals surface area contributed by atoms with Crippen LogP contribution in [0.3, 0.4) is 0 Å². The Hall–Kier alpha value is -2.19. The smallest absolute Gasteiger partial charge is 0.355 e. The highest BCUT2D eigenvalue weighted by atomic mass is 19.4. The summed E-state index contributed by atoms with van der Waals surface area (Å²) in [4.78, 5) is 2.94. The molecule has 2 N–H and O–H groups in total. The zero-order valence-corrected chi connectivity index (χ0v) is 10.6. The van der Waals surface area contributed by atoms with Gasteiger partial charge in [0.25, 0.3) is 0 Å². The lowest BCUT2D eigenvalue weighted by molar-refractivity contribution is -0.137. The van der Waals surface area contributed by atoms with E-state index in [-0.39, 0.29) is 0 Å². The van der Waals surface area contributed by atoms with Crippen molar-refractivity contribution in [2.24, 2.45) is 0 Å². The fourth-order valence-electron chi connectivity index (χ4n) is 1.87. The largest absolute Gasteiger partial charge is 0.416 e. The summed E-state index contributed by atoms with van der Waals surface area (Å²) >= 11 is 0. The number of nitrogens with one attached hydrogen (secondary N) is 2. The van der Waals surface area contributed by atoms with Crippen LogP contribution in [0.2, 0.25) is 0 Å². The van der Waals surface area contributed by atoms with Crippen molar-refractivity contribution < 1.29 is 13.2 Å². The first kappa shape index (κ1) is 14.2. The Balaban J connectivity index is 2.25. The van der Waals surface area contributed by atoms with E-state index >= 15 is 0 Å². The minimum atomic E-state index is -4.34. The van der Waals surface area contributed by atoms with Crippen molar-refractivity contribution in [2.75, 3.05) is 13.1 Å². The van der Waals surface area contributed by atoms with Crippen LogP contribution < -0.4 is 5.32 Å². The third-order valence-corrected chi connectivity index (χ3v) is 2.90. The molecule has 1 aromatic heterocycles. The van der Waals surface area contributed by atoms with Crippen LogP contribution >= 0.6 is 0 Å². The number of benzene rings is 1. The molecule has 0 unspecified atom stereocenters. The number of fused-ring (bicyclic) bond motifs is 1. The van der Waals surface area contributed by atoms with E-state index in [4.69, 9.17) is 6.42 Å². The number of halogens is 3. The van der Waals surface area contributed by atoms with Gasteiger partial charge in [-0.3, -0.25) is 0 Å². The number of hydrogen-bond donors (Lipinski definition) is 2. The van der Waals surface area contributed by atoms with Gasteiger partial charge in [-0.05, 0) is 23.8 Å². The lowest BCUT2D eigenvalue weighted by Crippen LogP contribution is -2.16. The minimum Gasteiger partial charge on any atom is -0.355 e. The van der Waals surface area contributed by atoms with E-state index in [0.717, 1.165) is 17.7 Å². The highest BCUT2D eigenvalue weighted by Gasteiger charge is 2.30. The average Bonchev–Trinajstić information content (AvgIpc) is 2.80. The molecule has 104 valence electrons. The Morgan fingerprint density at radius 1 is 1.35 bits per heavy atom. The van der Waals surface area contributed by atoms with Gasteiger partial charge in [-0.15, -0.1) is 6.42 Å². The van der Waals surface area contributed by atoms with E-state index in [9.17, 15) is 13.2 Å². The second-order valence-electron chi connectivity index (χ2n) is 4.39. The van der Waals surface area contributed by atoms with E-state index < -0.39 is 11.7 Å². The van der Waals surface area contributed by atoms with Crippen molar-refractivity contribution in [1.82, 2.24) is 10.3 Å². The molecule has 0 spiro atoms. The maximum Gasteiger partial charge on any atom is 0.416 e. The molecule has 0 fully saturated rings. The summed E-state index contributed by atoms with van der Waals surface area (Å²) in [6.07, 6.45) is 0.773. The maximum absolute atomic E-state index is 12.6. The van der Waals surface area contributed by atoms with Crippen molar-refractivity contribution >= 4 is 16.5 Å². The Labute approximate surface area is 114 Å². The molecule has 1 aromatic carbocycles. The van der Waals surface area contributed by atoms with Gasteiger partial charge in [-0.2, -0.15) is 13.2 Å². The summed E-state index contributed by atoms with van der Waals surface area (Å²) in [5.74, 6) is 2.44. The van der Waals surface area contributed by atoms with Gasteiger partial charge in [-0.25, -0.2) is 0 Å². The summed E-state index contributed by atoms with van der Waals surface area (Å²) in [5.41, 5.74) is 1.20. The van der Waals surface area contributed by atoms with Crippen molar-refractivity contribution in [1.29, 1.82) is 0 Å². The Bertz CT molecular complexity index is 674. The molecule has 2 nitrogen and oxygen atoms in total. The van der Waals surface area contributed by atoms with Crippen LogP contribution in [0.1, 0.15) is 11.3 Å². The monoisotopic (exact) mass is 278 g/mol. The van der Waals surface area contributed by atoms with Gasteiger partial charge < -0.3 is 10.3 Å². The van der Waals surface area contributed by atoms with E-state index in [2.05, 4.69) is 22.8 Å². The number of H-pyrrole nitrogens is 1. The summed E-state index contributed by atoms with van der Waals surface area (Å²) in [7, 11) is 0. The van der Waals surface area contributed by atoms with Gasteiger partial charge in [0.1, 0.15) is 0 Å². The molecule has 2 rings (SSSR count). The fraction of sp³-hybridized carbons (Fsp3) is 0.200. The van der Waals surface area contributed by atoms with Gasteiger partial charge in [0.15, 0.2) is 0 Å². The second-order valence-corrected chi connectivity index (χ2v) is 4.39. The van der Waals surface area contributed by atoms with E-state index in [1.807, 2.05) is 0 Å². The predicted octanol–water partition coefficient (Wildman–Crippen LogP) is 3.42. The summed E-state index contributed by atoms with van der Waals surface area (Å²) in [6, 6.07) is 5.38. The molecule has 0 saturated heterocycles. The molecule has 0 aliphatic heterocycles. The first-order chi connectivity index (χ1) is 9.41. The van der Waals surface area contributed by atoms with Crippen molar-refractivity contribution in [2.45, 2.75) is 6.18 Å². The fourth-order valence-corrected chi connectivity index (χ4v) is 1.87. The van der Waals surface area contributed by atoms with Gasteiger partial charge >= 0.3 is 6.18 Å².